The molecule has 0 aromatic heterocycles. The van der Waals surface area contributed by atoms with Crippen molar-refractivity contribution < 1.29 is 38.4 Å². The van der Waals surface area contributed by atoms with Crippen LogP contribution in [0.15, 0.2) is 0 Å². The Bertz CT molecular complexity index is 115. The predicted octanol–water partition coefficient (Wildman–Crippen LogP) is -3.35. The Kier molecular flexibility index (Phi) is 17.1. The van der Waals surface area contributed by atoms with E-state index >= 15 is 0 Å². The largest absolute Gasteiger partial charge is 2.00 e. The number of halogens is 2. The molecule has 0 heterocycles. The van der Waals surface area contributed by atoms with E-state index in [0.29, 0.717) is 0 Å². The van der Waals surface area contributed by atoms with Gasteiger partial charge in [0.25, 0.3) is 0 Å². The van der Waals surface area contributed by atoms with Crippen molar-refractivity contribution in [1.82, 2.24) is 0 Å². The molecule has 0 amide bonds. The summed E-state index contributed by atoms with van der Waals surface area (Å²) in [6, 6.07) is 0. The molecule has 13 heavy (non-hydrogen) atoms. The fourth-order valence-corrected chi connectivity index (χ4v) is 2.70. The van der Waals surface area contributed by atoms with Gasteiger partial charge in [-0.1, -0.05) is 6.92 Å². The summed E-state index contributed by atoms with van der Waals surface area (Å²) in [5.74, 6) is 0. The minimum absolute atomic E-state index is 0. The van der Waals surface area contributed by atoms with E-state index in [0.717, 1.165) is 6.42 Å². The summed E-state index contributed by atoms with van der Waals surface area (Å²) < 4.78 is 5.91. The number of rotatable bonds is 3. The van der Waals surface area contributed by atoms with Crippen LogP contribution in [0.3, 0.4) is 0 Å². The summed E-state index contributed by atoms with van der Waals surface area (Å²) in [5.41, 5.74) is 0.0878. The molecule has 0 aliphatic heterocycles. The second-order valence-electron chi connectivity index (χ2n) is 4.33. The second kappa shape index (κ2) is 9.15. The fraction of sp³-hybridized carbons (Fsp3) is 1.00. The molecule has 5 heteroatoms. The van der Waals surface area contributed by atoms with Gasteiger partial charge in [0.05, 0.1) is 5.60 Å². The molecule has 0 bridgehead atoms. The summed E-state index contributed by atoms with van der Waals surface area (Å²) >= 11 is 0. The zero-order chi connectivity index (χ0) is 8.41. The average molecular weight is 344 g/mol. The van der Waals surface area contributed by atoms with Gasteiger partial charge in [-0.25, -0.2) is 0 Å². The molecular weight excluding hydrogens is 324 g/mol. The standard InChI is InChI=1S/C8H20OSi.2BrH.Mg/c1-7-8(2,3)9-10(4,5)6;;;/h7H2,1-6H3;2*1H;/q;;;+2/p-2. The third-order valence-corrected chi connectivity index (χ3v) is 2.60. The van der Waals surface area contributed by atoms with Gasteiger partial charge in [0.2, 0.25) is 0 Å². The third kappa shape index (κ3) is 16.6. The second-order valence-corrected chi connectivity index (χ2v) is 8.76. The summed E-state index contributed by atoms with van der Waals surface area (Å²) in [5, 5.41) is 0. The van der Waals surface area contributed by atoms with Crippen molar-refractivity contribution in [3.05, 3.63) is 0 Å². The van der Waals surface area contributed by atoms with Crippen LogP contribution in [0, 0.1) is 0 Å². The molecule has 0 aliphatic rings. The first-order valence-corrected chi connectivity index (χ1v) is 7.38. The molecule has 0 saturated heterocycles. The maximum absolute atomic E-state index is 5.91. The van der Waals surface area contributed by atoms with Gasteiger partial charge in [0.15, 0.2) is 8.32 Å². The van der Waals surface area contributed by atoms with E-state index in [1.54, 1.807) is 0 Å². The first kappa shape index (κ1) is 24.2. The molecule has 0 unspecified atom stereocenters. The zero-order valence-corrected chi connectivity index (χ0v) is 15.2. The summed E-state index contributed by atoms with van der Waals surface area (Å²) in [4.78, 5) is 0. The van der Waals surface area contributed by atoms with E-state index in [9.17, 15) is 0 Å². The smallest absolute Gasteiger partial charge is 1.00 e. The Morgan fingerprint density at radius 3 is 1.46 bits per heavy atom. The topological polar surface area (TPSA) is 9.23 Å². The third-order valence-electron chi connectivity index (χ3n) is 1.43. The van der Waals surface area contributed by atoms with Crippen molar-refractivity contribution in [3.63, 3.8) is 0 Å². The monoisotopic (exact) mass is 342 g/mol. The predicted molar refractivity (Wildman–Crippen MR) is 54.6 cm³/mol. The summed E-state index contributed by atoms with van der Waals surface area (Å²) in [6.07, 6.45) is 1.09. The van der Waals surface area contributed by atoms with Crippen LogP contribution in [0.1, 0.15) is 27.2 Å². The van der Waals surface area contributed by atoms with Crippen LogP contribution in [0.2, 0.25) is 19.6 Å². The molecular formula is C8H20Br2MgOSi. The van der Waals surface area contributed by atoms with Crippen molar-refractivity contribution >= 4 is 31.4 Å². The van der Waals surface area contributed by atoms with E-state index in [-0.39, 0.29) is 62.6 Å². The molecule has 0 fully saturated rings. The number of hydrogen-bond donors (Lipinski definition) is 0. The van der Waals surface area contributed by atoms with Crippen LogP contribution in [-0.2, 0) is 4.43 Å². The van der Waals surface area contributed by atoms with E-state index in [1.165, 1.54) is 0 Å². The molecule has 78 valence electrons. The Hall–Kier alpha value is 1.90. The molecule has 0 radical (unpaired) electrons. The van der Waals surface area contributed by atoms with Gasteiger partial charge in [-0.15, -0.1) is 0 Å². The first-order chi connectivity index (χ1) is 4.27. The average Bonchev–Trinajstić information content (AvgIpc) is 1.60. The Balaban J connectivity index is -0.000000135. The molecule has 0 N–H and O–H groups in total. The molecule has 1 nitrogen and oxygen atoms in total. The van der Waals surface area contributed by atoms with Crippen molar-refractivity contribution in [2.24, 2.45) is 0 Å². The molecule has 0 aliphatic carbocycles. The summed E-state index contributed by atoms with van der Waals surface area (Å²) in [7, 11) is -1.31. The van der Waals surface area contributed by atoms with Gasteiger partial charge in [-0.05, 0) is 39.9 Å². The minimum atomic E-state index is -1.31. The zero-order valence-electron chi connectivity index (χ0n) is 9.58. The van der Waals surface area contributed by atoms with Gasteiger partial charge in [0.1, 0.15) is 0 Å². The van der Waals surface area contributed by atoms with Crippen molar-refractivity contribution in [2.75, 3.05) is 0 Å². The van der Waals surface area contributed by atoms with Crippen LogP contribution in [0.25, 0.3) is 0 Å². The molecule has 0 rings (SSSR count). The van der Waals surface area contributed by atoms with Gasteiger partial charge in [-0.3, -0.25) is 0 Å². The van der Waals surface area contributed by atoms with Crippen LogP contribution in [0.4, 0.5) is 0 Å². The van der Waals surface area contributed by atoms with Gasteiger partial charge < -0.3 is 38.4 Å². The van der Waals surface area contributed by atoms with Crippen molar-refractivity contribution in [1.29, 1.82) is 0 Å². The number of hydrogen-bond acceptors (Lipinski definition) is 1. The Labute approximate surface area is 121 Å². The maximum Gasteiger partial charge on any atom is 2.00 e. The SMILES string of the molecule is CCC(C)(C)O[Si](C)(C)C.[Br-].[Br-].[Mg+2]. The normalized spacial score (nSPS) is 10.6. The first-order valence-electron chi connectivity index (χ1n) is 3.97. The maximum atomic E-state index is 5.91. The molecule has 0 spiro atoms. The summed E-state index contributed by atoms with van der Waals surface area (Å²) in [6.45, 7) is 13.2. The van der Waals surface area contributed by atoms with Crippen LogP contribution < -0.4 is 34.0 Å². The molecule has 0 atom stereocenters. The van der Waals surface area contributed by atoms with E-state index < -0.39 is 8.32 Å². The Morgan fingerprint density at radius 1 is 1.08 bits per heavy atom. The van der Waals surface area contributed by atoms with Crippen molar-refractivity contribution in [3.8, 4) is 0 Å². The van der Waals surface area contributed by atoms with Gasteiger partial charge in [0, 0.05) is 0 Å². The van der Waals surface area contributed by atoms with Gasteiger partial charge in [-0.2, -0.15) is 0 Å². The molecule has 0 aromatic carbocycles. The van der Waals surface area contributed by atoms with Crippen molar-refractivity contribution in [2.45, 2.75) is 52.4 Å². The van der Waals surface area contributed by atoms with E-state index in [2.05, 4.69) is 40.4 Å². The van der Waals surface area contributed by atoms with Crippen LogP contribution in [0.5, 0.6) is 0 Å². The molecule has 0 saturated carbocycles. The minimum Gasteiger partial charge on any atom is -1.00 e. The quantitative estimate of drug-likeness (QED) is 0.487. The van der Waals surface area contributed by atoms with Crippen LogP contribution >= 0.6 is 0 Å². The Morgan fingerprint density at radius 2 is 1.38 bits per heavy atom. The molecule has 0 aromatic rings. The van der Waals surface area contributed by atoms with E-state index in [1.807, 2.05) is 0 Å². The van der Waals surface area contributed by atoms with Crippen LogP contribution in [-0.4, -0.2) is 37.0 Å². The van der Waals surface area contributed by atoms with Gasteiger partial charge >= 0.3 is 23.1 Å². The fourth-order valence-electron chi connectivity index (χ4n) is 0.901. The van der Waals surface area contributed by atoms with E-state index in [4.69, 9.17) is 4.43 Å².